The van der Waals surface area contributed by atoms with E-state index >= 15 is 0 Å². The first-order chi connectivity index (χ1) is 4.88. The molecule has 0 aliphatic rings. The molecule has 1 aromatic heterocycles. The molecule has 10 heavy (non-hydrogen) atoms. The van der Waals surface area contributed by atoms with E-state index in [4.69, 9.17) is 5.11 Å². The van der Waals surface area contributed by atoms with Crippen LogP contribution in [0, 0.1) is 6.20 Å². The molecule has 2 heteroatoms. The molecule has 0 bridgehead atoms. The number of H-pyrrole nitrogens is 1. The van der Waals surface area contributed by atoms with Crippen molar-refractivity contribution in [2.45, 2.75) is 0 Å². The summed E-state index contributed by atoms with van der Waals surface area (Å²) in [5.74, 6) is 0.190. The summed E-state index contributed by atoms with van der Waals surface area (Å²) in [4.78, 5) is 2.81. The number of para-hydroxylation sites is 1. The lowest BCUT2D eigenvalue weighted by Crippen LogP contribution is -1.62. The van der Waals surface area contributed by atoms with Gasteiger partial charge in [-0.05, 0) is 12.1 Å². The molecule has 0 saturated carbocycles. The van der Waals surface area contributed by atoms with Gasteiger partial charge in [0.2, 0.25) is 0 Å². The molecule has 0 fully saturated rings. The van der Waals surface area contributed by atoms with Gasteiger partial charge in [0.1, 0.15) is 6.20 Å². The van der Waals surface area contributed by atoms with Gasteiger partial charge in [0, 0.05) is 10.9 Å². The number of hydrogen-bond acceptors (Lipinski definition) is 1. The van der Waals surface area contributed by atoms with Crippen LogP contribution in [0.5, 0.6) is 5.75 Å². The van der Waals surface area contributed by atoms with E-state index in [0.717, 1.165) is 10.9 Å². The zero-order chi connectivity index (χ0) is 6.97. The Morgan fingerprint density at radius 3 is 2.90 bits per heavy atom. The number of aromatic hydroxyl groups is 1. The molecule has 1 radical (unpaired) electrons. The number of hydrogen-bond donors (Lipinski definition) is 2. The summed E-state index contributed by atoms with van der Waals surface area (Å²) in [5, 5.41) is 9.95. The molecule has 0 atom stereocenters. The average molecular weight is 132 g/mol. The van der Waals surface area contributed by atoms with Gasteiger partial charge < -0.3 is 10.1 Å². The SMILES string of the molecule is Oc1[c][nH]c2ccccc12. The minimum atomic E-state index is 0.190. The van der Waals surface area contributed by atoms with E-state index in [2.05, 4.69) is 11.2 Å². The Bertz CT molecular complexity index is 351. The van der Waals surface area contributed by atoms with E-state index < -0.39 is 0 Å². The molecule has 1 heterocycles. The molecule has 2 rings (SSSR count). The van der Waals surface area contributed by atoms with Crippen molar-refractivity contribution in [2.75, 3.05) is 0 Å². The van der Waals surface area contributed by atoms with Crippen LogP contribution in [0.15, 0.2) is 24.3 Å². The van der Waals surface area contributed by atoms with Crippen LogP contribution in [-0.4, -0.2) is 10.1 Å². The molecular formula is C8H6NO. The van der Waals surface area contributed by atoms with Crippen molar-refractivity contribution < 1.29 is 5.11 Å². The van der Waals surface area contributed by atoms with E-state index in [1.54, 1.807) is 0 Å². The highest BCUT2D eigenvalue weighted by atomic mass is 16.3. The first kappa shape index (κ1) is 5.35. The van der Waals surface area contributed by atoms with Gasteiger partial charge in [0.05, 0.1) is 0 Å². The lowest BCUT2D eigenvalue weighted by atomic mass is 10.2. The maximum absolute atomic E-state index is 9.12. The zero-order valence-corrected chi connectivity index (χ0v) is 5.26. The summed E-state index contributed by atoms with van der Waals surface area (Å²) >= 11 is 0. The molecule has 0 aliphatic heterocycles. The molecule has 0 saturated heterocycles. The Morgan fingerprint density at radius 2 is 2.10 bits per heavy atom. The van der Waals surface area contributed by atoms with Crippen LogP contribution < -0.4 is 0 Å². The Balaban J connectivity index is 2.93. The van der Waals surface area contributed by atoms with Crippen molar-refractivity contribution in [3.8, 4) is 5.75 Å². The Hall–Kier alpha value is -1.44. The minimum Gasteiger partial charge on any atom is -0.505 e. The van der Waals surface area contributed by atoms with Gasteiger partial charge in [0.25, 0.3) is 0 Å². The van der Waals surface area contributed by atoms with Crippen LogP contribution in [-0.2, 0) is 0 Å². The number of fused-ring (bicyclic) bond motifs is 1. The van der Waals surface area contributed by atoms with Crippen molar-refractivity contribution in [1.82, 2.24) is 4.98 Å². The van der Waals surface area contributed by atoms with Gasteiger partial charge in [-0.15, -0.1) is 0 Å². The summed E-state index contributed by atoms with van der Waals surface area (Å²) in [6, 6.07) is 7.53. The number of benzene rings is 1. The predicted octanol–water partition coefficient (Wildman–Crippen LogP) is 1.67. The largest absolute Gasteiger partial charge is 0.505 e. The first-order valence-electron chi connectivity index (χ1n) is 3.05. The van der Waals surface area contributed by atoms with Gasteiger partial charge in [-0.3, -0.25) is 0 Å². The summed E-state index contributed by atoms with van der Waals surface area (Å²) in [6.07, 6.45) is 2.61. The molecule has 2 N–H and O–H groups in total. The molecule has 2 aromatic rings. The summed E-state index contributed by atoms with van der Waals surface area (Å²) in [7, 11) is 0. The van der Waals surface area contributed by atoms with Crippen LogP contribution in [0.1, 0.15) is 0 Å². The van der Waals surface area contributed by atoms with E-state index in [-0.39, 0.29) is 5.75 Å². The molecule has 0 spiro atoms. The zero-order valence-electron chi connectivity index (χ0n) is 5.26. The highest BCUT2D eigenvalue weighted by Gasteiger charge is 1.97. The second-order valence-corrected chi connectivity index (χ2v) is 2.14. The average Bonchev–Trinajstić information content (AvgIpc) is 2.34. The smallest absolute Gasteiger partial charge is 0.150 e. The molecule has 0 aliphatic carbocycles. The maximum Gasteiger partial charge on any atom is 0.150 e. The molecule has 0 amide bonds. The van der Waals surface area contributed by atoms with Crippen molar-refractivity contribution in [3.63, 3.8) is 0 Å². The summed E-state index contributed by atoms with van der Waals surface area (Å²) in [6.45, 7) is 0. The maximum atomic E-state index is 9.12. The van der Waals surface area contributed by atoms with E-state index in [0.29, 0.717) is 0 Å². The minimum absolute atomic E-state index is 0.190. The highest BCUT2D eigenvalue weighted by Crippen LogP contribution is 2.21. The van der Waals surface area contributed by atoms with E-state index in [9.17, 15) is 0 Å². The van der Waals surface area contributed by atoms with Crippen molar-refractivity contribution in [3.05, 3.63) is 30.5 Å². The third kappa shape index (κ3) is 0.589. The summed E-state index contributed by atoms with van der Waals surface area (Å²) in [5.41, 5.74) is 0.917. The fourth-order valence-corrected chi connectivity index (χ4v) is 0.992. The third-order valence-electron chi connectivity index (χ3n) is 1.50. The Kier molecular flexibility index (Phi) is 0.947. The van der Waals surface area contributed by atoms with E-state index in [1.807, 2.05) is 24.3 Å². The lowest BCUT2D eigenvalue weighted by molar-refractivity contribution is 0.480. The van der Waals surface area contributed by atoms with Crippen molar-refractivity contribution in [2.24, 2.45) is 0 Å². The van der Waals surface area contributed by atoms with Gasteiger partial charge in [-0.2, -0.15) is 0 Å². The van der Waals surface area contributed by atoms with Crippen LogP contribution in [0.25, 0.3) is 10.9 Å². The van der Waals surface area contributed by atoms with Crippen LogP contribution in [0.2, 0.25) is 0 Å². The van der Waals surface area contributed by atoms with Crippen molar-refractivity contribution >= 4 is 10.9 Å². The van der Waals surface area contributed by atoms with Crippen LogP contribution >= 0.6 is 0 Å². The predicted molar refractivity (Wildman–Crippen MR) is 38.8 cm³/mol. The molecule has 2 nitrogen and oxygen atoms in total. The fourth-order valence-electron chi connectivity index (χ4n) is 0.992. The van der Waals surface area contributed by atoms with Gasteiger partial charge in [-0.1, -0.05) is 12.1 Å². The quantitative estimate of drug-likeness (QED) is 0.562. The monoisotopic (exact) mass is 132 g/mol. The number of aromatic nitrogens is 1. The normalized spacial score (nSPS) is 10.4. The number of nitrogens with one attached hydrogen (secondary N) is 1. The highest BCUT2D eigenvalue weighted by molar-refractivity contribution is 5.85. The molecule has 0 unspecified atom stereocenters. The first-order valence-corrected chi connectivity index (χ1v) is 3.05. The van der Waals surface area contributed by atoms with Gasteiger partial charge in [-0.25, -0.2) is 0 Å². The fraction of sp³-hybridized carbons (Fsp3) is 0. The topological polar surface area (TPSA) is 36.0 Å². The Morgan fingerprint density at radius 1 is 1.30 bits per heavy atom. The van der Waals surface area contributed by atoms with Crippen molar-refractivity contribution in [1.29, 1.82) is 0 Å². The number of aromatic amines is 1. The van der Waals surface area contributed by atoms with Gasteiger partial charge in [0.15, 0.2) is 5.75 Å². The Labute approximate surface area is 58.1 Å². The second kappa shape index (κ2) is 1.77. The molecular weight excluding hydrogens is 126 g/mol. The van der Waals surface area contributed by atoms with Crippen LogP contribution in [0.4, 0.5) is 0 Å². The molecule has 1 aromatic carbocycles. The second-order valence-electron chi connectivity index (χ2n) is 2.14. The van der Waals surface area contributed by atoms with E-state index in [1.165, 1.54) is 0 Å². The van der Waals surface area contributed by atoms with Crippen LogP contribution in [0.3, 0.4) is 0 Å². The lowest BCUT2D eigenvalue weighted by Gasteiger charge is -1.85. The standard InChI is InChI=1S/C8H6NO/c10-8-5-9-7-4-2-1-3-6(7)8/h1-4,9-10H. The summed E-state index contributed by atoms with van der Waals surface area (Å²) < 4.78 is 0. The molecule has 49 valence electrons. The third-order valence-corrected chi connectivity index (χ3v) is 1.50. The van der Waals surface area contributed by atoms with Gasteiger partial charge >= 0.3 is 0 Å². The number of rotatable bonds is 0.